The Kier molecular flexibility index (Phi) is 4.91. The lowest BCUT2D eigenvalue weighted by atomic mass is 9.92. The van der Waals surface area contributed by atoms with Gasteiger partial charge < -0.3 is 15.0 Å². The molecule has 5 heteroatoms. The molecule has 0 fully saturated rings. The van der Waals surface area contributed by atoms with Crippen molar-refractivity contribution in [3.8, 4) is 0 Å². The highest BCUT2D eigenvalue weighted by atomic mass is 35.5. The molecule has 3 rings (SSSR count). The third-order valence-electron chi connectivity index (χ3n) is 4.00. The van der Waals surface area contributed by atoms with Crippen molar-refractivity contribution in [2.75, 3.05) is 6.61 Å². The summed E-state index contributed by atoms with van der Waals surface area (Å²) in [6.07, 6.45) is 2.81. The number of halogens is 1. The van der Waals surface area contributed by atoms with Crippen LogP contribution in [0.3, 0.4) is 0 Å². The van der Waals surface area contributed by atoms with Gasteiger partial charge in [-0.15, -0.1) is 12.4 Å². The Labute approximate surface area is 130 Å². The first-order valence-electron chi connectivity index (χ1n) is 7.21. The molecule has 0 amide bonds. The highest BCUT2D eigenvalue weighted by Crippen LogP contribution is 2.31. The maximum absolute atomic E-state index is 11.8. The molecule has 0 saturated carbocycles. The number of ether oxygens (including phenoxy) is 1. The van der Waals surface area contributed by atoms with Gasteiger partial charge in [-0.3, -0.25) is 4.79 Å². The maximum Gasteiger partial charge on any atom is 0.325 e. The van der Waals surface area contributed by atoms with E-state index >= 15 is 0 Å². The normalized spacial score (nSPS) is 17.1. The summed E-state index contributed by atoms with van der Waals surface area (Å²) in [5, 5.41) is 1.22. The number of hydrogen-bond acceptors (Lipinski definition) is 3. The molecule has 0 radical (unpaired) electrons. The third kappa shape index (κ3) is 2.92. The average Bonchev–Trinajstić information content (AvgIpc) is 2.74. The molecule has 1 aromatic carbocycles. The van der Waals surface area contributed by atoms with Gasteiger partial charge in [0.15, 0.2) is 0 Å². The van der Waals surface area contributed by atoms with Crippen molar-refractivity contribution in [2.24, 2.45) is 5.73 Å². The predicted octanol–water partition coefficient (Wildman–Crippen LogP) is 2.44. The predicted molar refractivity (Wildman–Crippen MR) is 85.8 cm³/mol. The number of carbonyl (C=O) groups is 1. The first-order valence-corrected chi connectivity index (χ1v) is 7.21. The number of nitrogens with two attached hydrogens (primary N) is 1. The van der Waals surface area contributed by atoms with E-state index in [0.29, 0.717) is 13.2 Å². The number of carbonyl (C=O) groups excluding carboxylic acids is 1. The first kappa shape index (κ1) is 15.9. The number of rotatable bonds is 3. The molecule has 1 aliphatic carbocycles. The van der Waals surface area contributed by atoms with Crippen molar-refractivity contribution >= 4 is 29.3 Å². The molecular weight excluding hydrogens is 288 g/mol. The smallest absolute Gasteiger partial charge is 0.325 e. The molecule has 0 saturated heterocycles. The molecule has 114 valence electrons. The van der Waals surface area contributed by atoms with Gasteiger partial charge in [-0.2, -0.15) is 0 Å². The number of esters is 1. The Morgan fingerprint density at radius 3 is 2.95 bits per heavy atom. The van der Waals surface area contributed by atoms with Crippen molar-refractivity contribution in [1.29, 1.82) is 0 Å². The van der Waals surface area contributed by atoms with Gasteiger partial charge in [-0.25, -0.2) is 0 Å². The van der Waals surface area contributed by atoms with Crippen LogP contribution >= 0.6 is 12.4 Å². The Hall–Kier alpha value is -1.52. The van der Waals surface area contributed by atoms with Crippen molar-refractivity contribution < 1.29 is 9.53 Å². The second-order valence-electron chi connectivity index (χ2n) is 5.34. The van der Waals surface area contributed by atoms with Gasteiger partial charge >= 0.3 is 5.97 Å². The van der Waals surface area contributed by atoms with Crippen molar-refractivity contribution in [3.05, 3.63) is 35.5 Å². The molecule has 2 aromatic rings. The highest BCUT2D eigenvalue weighted by molar-refractivity contribution is 5.87. The highest BCUT2D eigenvalue weighted by Gasteiger charge is 2.24. The summed E-state index contributed by atoms with van der Waals surface area (Å²) in [7, 11) is 0. The number of hydrogen-bond donors (Lipinski definition) is 1. The molecule has 0 spiro atoms. The lowest BCUT2D eigenvalue weighted by molar-refractivity contribution is -0.143. The Bertz CT molecular complexity index is 651. The Morgan fingerprint density at radius 2 is 2.19 bits per heavy atom. The van der Waals surface area contributed by atoms with Crippen LogP contribution in [0.2, 0.25) is 0 Å². The molecule has 1 aliphatic rings. The van der Waals surface area contributed by atoms with Gasteiger partial charge in [-0.1, -0.05) is 18.2 Å². The van der Waals surface area contributed by atoms with Crippen LogP contribution in [0, 0.1) is 0 Å². The van der Waals surface area contributed by atoms with E-state index in [0.717, 1.165) is 24.8 Å². The average molecular weight is 309 g/mol. The number of nitrogens with zero attached hydrogens (tertiary/aromatic N) is 1. The van der Waals surface area contributed by atoms with Crippen molar-refractivity contribution in [1.82, 2.24) is 4.57 Å². The molecule has 1 aromatic heterocycles. The maximum atomic E-state index is 11.8. The molecule has 21 heavy (non-hydrogen) atoms. The summed E-state index contributed by atoms with van der Waals surface area (Å²) in [6, 6.07) is 8.46. The third-order valence-corrected chi connectivity index (χ3v) is 4.00. The largest absolute Gasteiger partial charge is 0.465 e. The second kappa shape index (κ2) is 6.50. The van der Waals surface area contributed by atoms with E-state index in [1.165, 1.54) is 16.6 Å². The summed E-state index contributed by atoms with van der Waals surface area (Å²) in [5.41, 5.74) is 9.77. The van der Waals surface area contributed by atoms with Crippen LogP contribution in [0.15, 0.2) is 24.3 Å². The minimum atomic E-state index is -0.175. The van der Waals surface area contributed by atoms with Crippen molar-refractivity contribution in [3.63, 3.8) is 0 Å². The van der Waals surface area contributed by atoms with Crippen molar-refractivity contribution in [2.45, 2.75) is 38.8 Å². The van der Waals surface area contributed by atoms with Crippen LogP contribution in [0.25, 0.3) is 10.9 Å². The minimum Gasteiger partial charge on any atom is -0.465 e. The molecule has 0 aliphatic heterocycles. The second-order valence-corrected chi connectivity index (χ2v) is 5.34. The quantitative estimate of drug-likeness (QED) is 0.886. The number of benzene rings is 1. The summed E-state index contributed by atoms with van der Waals surface area (Å²) in [5.74, 6) is -0.175. The fourth-order valence-corrected chi connectivity index (χ4v) is 3.14. The Morgan fingerprint density at radius 1 is 1.43 bits per heavy atom. The topological polar surface area (TPSA) is 57.2 Å². The number of aromatic nitrogens is 1. The van der Waals surface area contributed by atoms with Crippen LogP contribution < -0.4 is 5.73 Å². The van der Waals surface area contributed by atoms with Gasteiger partial charge in [0, 0.05) is 22.6 Å². The SMILES string of the molecule is CCOC(=O)Cn1c2c(c3ccccc31)C[C@H](N)CC2.Cl. The van der Waals surface area contributed by atoms with Crippen LogP contribution in [0.5, 0.6) is 0 Å². The fourth-order valence-electron chi connectivity index (χ4n) is 3.14. The summed E-state index contributed by atoms with van der Waals surface area (Å²) >= 11 is 0. The van der Waals surface area contributed by atoms with Gasteiger partial charge in [0.05, 0.1) is 6.61 Å². The first-order chi connectivity index (χ1) is 9.70. The van der Waals surface area contributed by atoms with Crippen LogP contribution in [-0.2, 0) is 28.9 Å². The summed E-state index contributed by atoms with van der Waals surface area (Å²) in [6.45, 7) is 2.55. The van der Waals surface area contributed by atoms with Gasteiger partial charge in [-0.05, 0) is 37.8 Å². The minimum absolute atomic E-state index is 0. The van der Waals surface area contributed by atoms with E-state index in [4.69, 9.17) is 10.5 Å². The van der Waals surface area contributed by atoms with E-state index < -0.39 is 0 Å². The molecule has 1 atom stereocenters. The fraction of sp³-hybridized carbons (Fsp3) is 0.438. The Balaban J connectivity index is 0.00000161. The zero-order valence-corrected chi connectivity index (χ0v) is 13.0. The standard InChI is InChI=1S/C16H20N2O2.ClH/c1-2-20-16(19)10-18-14-6-4-3-5-12(14)13-9-11(17)7-8-15(13)18;/h3-6,11H,2,7-10,17H2,1H3;1H/t11-;/m1./s1. The molecule has 2 N–H and O–H groups in total. The molecule has 1 heterocycles. The van der Waals surface area contributed by atoms with Gasteiger partial charge in [0.1, 0.15) is 6.54 Å². The van der Waals surface area contributed by atoms with E-state index in [9.17, 15) is 4.79 Å². The molecular formula is C16H21ClN2O2. The monoisotopic (exact) mass is 308 g/mol. The zero-order chi connectivity index (χ0) is 14.1. The van der Waals surface area contributed by atoms with Gasteiger partial charge in [0.2, 0.25) is 0 Å². The number of para-hydroxylation sites is 1. The van der Waals surface area contributed by atoms with Crippen LogP contribution in [0.1, 0.15) is 24.6 Å². The van der Waals surface area contributed by atoms with Crippen LogP contribution in [-0.4, -0.2) is 23.2 Å². The molecule has 0 unspecified atom stereocenters. The zero-order valence-electron chi connectivity index (χ0n) is 12.2. The van der Waals surface area contributed by atoms with E-state index in [1.807, 2.05) is 19.1 Å². The lowest BCUT2D eigenvalue weighted by Crippen LogP contribution is -2.28. The molecule has 0 bridgehead atoms. The van der Waals surface area contributed by atoms with E-state index in [2.05, 4.69) is 16.7 Å². The lowest BCUT2D eigenvalue weighted by Gasteiger charge is -2.20. The van der Waals surface area contributed by atoms with E-state index in [-0.39, 0.29) is 24.4 Å². The summed E-state index contributed by atoms with van der Waals surface area (Å²) < 4.78 is 7.20. The van der Waals surface area contributed by atoms with Crippen LogP contribution in [0.4, 0.5) is 0 Å². The van der Waals surface area contributed by atoms with E-state index in [1.54, 1.807) is 0 Å². The molecule has 4 nitrogen and oxygen atoms in total. The number of fused-ring (bicyclic) bond motifs is 3. The summed E-state index contributed by atoms with van der Waals surface area (Å²) in [4.78, 5) is 11.8. The van der Waals surface area contributed by atoms with Gasteiger partial charge in [0.25, 0.3) is 0 Å².